The molecule has 146 valence electrons. The second kappa shape index (κ2) is 9.69. The van der Waals surface area contributed by atoms with Crippen molar-refractivity contribution in [1.29, 1.82) is 0 Å². The van der Waals surface area contributed by atoms with E-state index in [0.29, 0.717) is 18.7 Å². The zero-order valence-corrected chi connectivity index (χ0v) is 16.9. The van der Waals surface area contributed by atoms with Gasteiger partial charge in [-0.25, -0.2) is 0 Å². The number of carbonyl (C=O) groups excluding carboxylic acids is 1. The predicted octanol–water partition coefficient (Wildman–Crippen LogP) is 0.467. The topological polar surface area (TPSA) is 91.3 Å². The van der Waals surface area contributed by atoms with E-state index in [2.05, 4.69) is 23.5 Å². The molecule has 0 saturated heterocycles. The van der Waals surface area contributed by atoms with Gasteiger partial charge in [0.15, 0.2) is 0 Å². The van der Waals surface area contributed by atoms with Gasteiger partial charge in [0.1, 0.15) is 5.58 Å². The number of anilines is 1. The first-order chi connectivity index (χ1) is 14.1. The van der Waals surface area contributed by atoms with Crippen LogP contribution in [0.2, 0.25) is 0 Å². The number of carboxylic acids is 1. The van der Waals surface area contributed by atoms with Crippen LogP contribution in [0.5, 0.6) is 0 Å². The molecule has 30 heavy (non-hydrogen) atoms. The Labute approximate surface area is 187 Å². The van der Waals surface area contributed by atoms with Crippen LogP contribution in [0, 0.1) is 0 Å². The molecule has 0 fully saturated rings. The minimum absolute atomic E-state index is 0. The Morgan fingerprint density at radius 3 is 2.63 bits per heavy atom. The standard InChI is InChI=1S/C24H22N2O3.Li/c25-14-16-4-3-6-18(10-16)21-12-17(11-20-8-9-29-24(20)21)15-26-22-7-2-1-5-19(22)13-23(27)28;/h1-12,26H,13-15,25H2,(H,27,28);/q;+1/p-1. The molecule has 1 heterocycles. The molecule has 0 atom stereocenters. The van der Waals surface area contributed by atoms with Crippen LogP contribution in [0.3, 0.4) is 0 Å². The van der Waals surface area contributed by atoms with Crippen LogP contribution in [-0.2, 0) is 24.3 Å². The zero-order valence-electron chi connectivity index (χ0n) is 16.9. The Morgan fingerprint density at radius 1 is 1.00 bits per heavy atom. The Hall–Kier alpha value is -2.97. The Kier molecular flexibility index (Phi) is 7.02. The summed E-state index contributed by atoms with van der Waals surface area (Å²) in [6, 6.07) is 21.6. The first-order valence-corrected chi connectivity index (χ1v) is 9.45. The van der Waals surface area contributed by atoms with Gasteiger partial charge < -0.3 is 25.4 Å². The van der Waals surface area contributed by atoms with E-state index in [-0.39, 0.29) is 25.3 Å². The third kappa shape index (κ3) is 4.77. The van der Waals surface area contributed by atoms with Crippen molar-refractivity contribution < 1.29 is 33.2 Å². The molecular formula is C24H21LiN2O3. The van der Waals surface area contributed by atoms with Crippen molar-refractivity contribution in [2.24, 2.45) is 5.73 Å². The number of nitrogens with one attached hydrogen (secondary N) is 1. The van der Waals surface area contributed by atoms with Crippen LogP contribution in [0.25, 0.3) is 22.1 Å². The number of hydrogen-bond acceptors (Lipinski definition) is 5. The van der Waals surface area contributed by atoms with Gasteiger partial charge in [0, 0.05) is 42.1 Å². The van der Waals surface area contributed by atoms with Crippen LogP contribution < -0.4 is 35.0 Å². The number of furan rings is 1. The largest absolute Gasteiger partial charge is 1.00 e. The van der Waals surface area contributed by atoms with Crippen LogP contribution in [0.4, 0.5) is 5.69 Å². The maximum atomic E-state index is 11.0. The van der Waals surface area contributed by atoms with Gasteiger partial charge in [-0.05, 0) is 52.6 Å². The quantitative estimate of drug-likeness (QED) is 0.446. The first-order valence-electron chi connectivity index (χ1n) is 9.45. The molecule has 1 aromatic heterocycles. The normalized spacial score (nSPS) is 10.6. The molecule has 0 amide bonds. The minimum atomic E-state index is -1.10. The van der Waals surface area contributed by atoms with E-state index in [1.165, 1.54) is 0 Å². The van der Waals surface area contributed by atoms with E-state index in [4.69, 9.17) is 10.2 Å². The van der Waals surface area contributed by atoms with Gasteiger partial charge in [0.2, 0.25) is 0 Å². The molecular weight excluding hydrogens is 371 g/mol. The molecule has 0 radical (unpaired) electrons. The summed E-state index contributed by atoms with van der Waals surface area (Å²) in [5.74, 6) is -1.10. The zero-order chi connectivity index (χ0) is 20.2. The average molecular weight is 392 g/mol. The molecule has 0 bridgehead atoms. The van der Waals surface area contributed by atoms with E-state index < -0.39 is 5.97 Å². The first kappa shape index (κ1) is 21.7. The van der Waals surface area contributed by atoms with E-state index in [0.717, 1.165) is 38.9 Å². The molecule has 4 rings (SSSR count). The van der Waals surface area contributed by atoms with E-state index >= 15 is 0 Å². The van der Waals surface area contributed by atoms with E-state index in [9.17, 15) is 9.90 Å². The second-order valence-corrected chi connectivity index (χ2v) is 6.95. The number of aliphatic carboxylic acids is 1. The second-order valence-electron chi connectivity index (χ2n) is 6.95. The summed E-state index contributed by atoms with van der Waals surface area (Å²) in [7, 11) is 0. The van der Waals surface area contributed by atoms with E-state index in [1.54, 1.807) is 12.3 Å². The third-order valence-corrected chi connectivity index (χ3v) is 4.92. The van der Waals surface area contributed by atoms with Crippen LogP contribution in [0.15, 0.2) is 77.4 Å². The molecule has 0 aliphatic heterocycles. The number of para-hydroxylation sites is 1. The molecule has 0 saturated carbocycles. The fraction of sp³-hybridized carbons (Fsp3) is 0.125. The van der Waals surface area contributed by atoms with Crippen molar-refractivity contribution >= 4 is 22.6 Å². The van der Waals surface area contributed by atoms with Gasteiger partial charge in [0.05, 0.1) is 6.26 Å². The van der Waals surface area contributed by atoms with Crippen molar-refractivity contribution in [3.8, 4) is 11.1 Å². The summed E-state index contributed by atoms with van der Waals surface area (Å²) in [5.41, 5.74) is 12.3. The van der Waals surface area contributed by atoms with Crippen LogP contribution >= 0.6 is 0 Å². The maximum Gasteiger partial charge on any atom is 1.00 e. The average Bonchev–Trinajstić information content (AvgIpc) is 3.21. The van der Waals surface area contributed by atoms with E-state index in [1.807, 2.05) is 42.5 Å². The van der Waals surface area contributed by atoms with Gasteiger partial charge >= 0.3 is 18.9 Å². The maximum absolute atomic E-state index is 11.0. The predicted molar refractivity (Wildman–Crippen MR) is 112 cm³/mol. The molecule has 4 aromatic rings. The van der Waals surface area contributed by atoms with Gasteiger partial charge in [-0.3, -0.25) is 0 Å². The smallest absolute Gasteiger partial charge is 0.550 e. The summed E-state index contributed by atoms with van der Waals surface area (Å²) < 4.78 is 5.73. The van der Waals surface area contributed by atoms with Crippen LogP contribution in [-0.4, -0.2) is 5.97 Å². The van der Waals surface area contributed by atoms with Crippen molar-refractivity contribution in [3.05, 3.63) is 89.7 Å². The summed E-state index contributed by atoms with van der Waals surface area (Å²) in [6.07, 6.45) is 1.56. The third-order valence-electron chi connectivity index (χ3n) is 4.92. The van der Waals surface area contributed by atoms with Gasteiger partial charge in [-0.1, -0.05) is 36.4 Å². The van der Waals surface area contributed by atoms with Gasteiger partial charge in [-0.15, -0.1) is 0 Å². The molecule has 3 N–H and O–H groups in total. The fourth-order valence-electron chi connectivity index (χ4n) is 3.53. The number of hydrogen-bond donors (Lipinski definition) is 2. The summed E-state index contributed by atoms with van der Waals surface area (Å²) in [4.78, 5) is 11.0. The fourth-order valence-corrected chi connectivity index (χ4v) is 3.53. The monoisotopic (exact) mass is 392 g/mol. The number of carbonyl (C=O) groups is 1. The number of fused-ring (bicyclic) bond motifs is 1. The molecule has 0 spiro atoms. The summed E-state index contributed by atoms with van der Waals surface area (Å²) in [6.45, 7) is 1.03. The minimum Gasteiger partial charge on any atom is -0.550 e. The summed E-state index contributed by atoms with van der Waals surface area (Å²) >= 11 is 0. The SMILES string of the molecule is NCc1cccc(-c2cc(CNc3ccccc3CC(=O)[O-])cc3ccoc23)c1.[Li+]. The Morgan fingerprint density at radius 2 is 1.83 bits per heavy atom. The van der Waals surface area contributed by atoms with Crippen LogP contribution in [0.1, 0.15) is 16.7 Å². The number of nitrogens with two attached hydrogens (primary N) is 1. The van der Waals surface area contributed by atoms with Crippen molar-refractivity contribution in [1.82, 2.24) is 0 Å². The Bertz CT molecular complexity index is 1170. The van der Waals surface area contributed by atoms with Crippen molar-refractivity contribution in [2.75, 3.05) is 5.32 Å². The van der Waals surface area contributed by atoms with Crippen molar-refractivity contribution in [2.45, 2.75) is 19.5 Å². The number of rotatable bonds is 7. The molecule has 0 aliphatic rings. The van der Waals surface area contributed by atoms with Gasteiger partial charge in [0.25, 0.3) is 0 Å². The number of carboxylic acid groups (broad SMARTS) is 1. The molecule has 0 unspecified atom stereocenters. The van der Waals surface area contributed by atoms with Gasteiger partial charge in [-0.2, -0.15) is 0 Å². The van der Waals surface area contributed by atoms with Crippen molar-refractivity contribution in [3.63, 3.8) is 0 Å². The molecule has 3 aromatic carbocycles. The molecule has 6 heteroatoms. The molecule has 5 nitrogen and oxygen atoms in total. The summed E-state index contributed by atoms with van der Waals surface area (Å²) in [5, 5.41) is 15.4. The number of benzene rings is 3. The molecule has 0 aliphatic carbocycles. The Balaban J connectivity index is 0.00000256.